The highest BCUT2D eigenvalue weighted by Gasteiger charge is 2.28. The molecule has 7 nitrogen and oxygen atoms in total. The zero-order chi connectivity index (χ0) is 14.0. The van der Waals surface area contributed by atoms with E-state index in [-0.39, 0.29) is 17.3 Å². The first-order valence-electron chi connectivity index (χ1n) is 6.01. The summed E-state index contributed by atoms with van der Waals surface area (Å²) in [6.45, 7) is 3.12. The minimum Gasteiger partial charge on any atom is -0.393 e. The van der Waals surface area contributed by atoms with Crippen LogP contribution in [0.25, 0.3) is 0 Å². The van der Waals surface area contributed by atoms with Crippen molar-refractivity contribution in [1.29, 1.82) is 5.26 Å². The van der Waals surface area contributed by atoms with E-state index in [9.17, 15) is 15.2 Å². The number of nitriles is 1. The van der Waals surface area contributed by atoms with Gasteiger partial charge >= 0.3 is 5.69 Å². The molecule has 19 heavy (non-hydrogen) atoms. The van der Waals surface area contributed by atoms with Gasteiger partial charge in [0.1, 0.15) is 11.9 Å². The summed E-state index contributed by atoms with van der Waals surface area (Å²) < 4.78 is 0. The van der Waals surface area contributed by atoms with E-state index in [4.69, 9.17) is 5.26 Å². The molecule has 7 heteroatoms. The van der Waals surface area contributed by atoms with Gasteiger partial charge in [0.15, 0.2) is 0 Å². The van der Waals surface area contributed by atoms with Crippen molar-refractivity contribution in [3.05, 3.63) is 27.9 Å². The molecule has 1 aliphatic rings. The summed E-state index contributed by atoms with van der Waals surface area (Å²) in [5.74, 6) is 0.716. The molecule has 0 radical (unpaired) electrons. The standard InChI is InChI=1S/C12H14N4O3/c1-8(17)9-4-5-15(7-9)12-3-2-11(16(18)19)10(6-13)14-12/h2-3,8-9,17H,4-5,7H2,1H3. The van der Waals surface area contributed by atoms with Crippen molar-refractivity contribution in [2.45, 2.75) is 19.4 Å². The lowest BCUT2D eigenvalue weighted by atomic mass is 10.0. The lowest BCUT2D eigenvalue weighted by molar-refractivity contribution is -0.385. The molecule has 2 rings (SSSR count). The van der Waals surface area contributed by atoms with Crippen LogP contribution in [0.1, 0.15) is 19.0 Å². The highest BCUT2D eigenvalue weighted by Crippen LogP contribution is 2.26. The highest BCUT2D eigenvalue weighted by atomic mass is 16.6. The van der Waals surface area contributed by atoms with Gasteiger partial charge in [-0.3, -0.25) is 10.1 Å². The first-order valence-corrected chi connectivity index (χ1v) is 6.01. The molecule has 2 unspecified atom stereocenters. The molecule has 0 aliphatic carbocycles. The lowest BCUT2D eigenvalue weighted by Crippen LogP contribution is -2.24. The van der Waals surface area contributed by atoms with Crippen LogP contribution in [-0.4, -0.2) is 34.2 Å². The van der Waals surface area contributed by atoms with E-state index in [1.165, 1.54) is 6.07 Å². The van der Waals surface area contributed by atoms with Gasteiger partial charge in [-0.15, -0.1) is 0 Å². The van der Waals surface area contributed by atoms with E-state index in [1.807, 2.05) is 4.90 Å². The van der Waals surface area contributed by atoms with Gasteiger partial charge < -0.3 is 10.0 Å². The van der Waals surface area contributed by atoms with Crippen molar-refractivity contribution in [3.8, 4) is 6.07 Å². The van der Waals surface area contributed by atoms with E-state index in [0.29, 0.717) is 12.4 Å². The van der Waals surface area contributed by atoms with Gasteiger partial charge in [0.05, 0.1) is 11.0 Å². The Balaban J connectivity index is 2.24. The number of rotatable bonds is 3. The minimum atomic E-state index is -0.613. The fourth-order valence-corrected chi connectivity index (χ4v) is 2.24. The number of aromatic nitrogens is 1. The van der Waals surface area contributed by atoms with Gasteiger partial charge in [0.25, 0.3) is 0 Å². The molecule has 0 saturated carbocycles. The number of pyridine rings is 1. The molecule has 2 atom stereocenters. The zero-order valence-corrected chi connectivity index (χ0v) is 10.5. The summed E-state index contributed by atoms with van der Waals surface area (Å²) in [4.78, 5) is 16.1. The molecule has 1 aromatic heterocycles. The number of nitro groups is 1. The minimum absolute atomic E-state index is 0.169. The monoisotopic (exact) mass is 262 g/mol. The van der Waals surface area contributed by atoms with Gasteiger partial charge in [-0.2, -0.15) is 5.26 Å². The van der Waals surface area contributed by atoms with Crippen LogP contribution < -0.4 is 4.90 Å². The highest BCUT2D eigenvalue weighted by molar-refractivity contribution is 5.52. The Labute approximate surface area is 110 Å². The summed E-state index contributed by atoms with van der Waals surface area (Å²) in [5, 5.41) is 29.2. The maximum absolute atomic E-state index is 10.7. The van der Waals surface area contributed by atoms with E-state index in [2.05, 4.69) is 4.98 Å². The van der Waals surface area contributed by atoms with Gasteiger partial charge in [0.2, 0.25) is 5.69 Å². The molecule has 100 valence electrons. The molecule has 1 saturated heterocycles. The Morgan fingerprint density at radius 2 is 2.42 bits per heavy atom. The Kier molecular flexibility index (Phi) is 3.62. The van der Waals surface area contributed by atoms with Crippen LogP contribution in [0.4, 0.5) is 11.5 Å². The number of anilines is 1. The number of hydrogen-bond acceptors (Lipinski definition) is 6. The summed E-state index contributed by atoms with van der Waals surface area (Å²) in [5.41, 5.74) is -0.458. The largest absolute Gasteiger partial charge is 0.393 e. The van der Waals surface area contributed by atoms with E-state index >= 15 is 0 Å². The first kappa shape index (κ1) is 13.2. The second-order valence-electron chi connectivity index (χ2n) is 4.64. The second kappa shape index (κ2) is 5.20. The van der Waals surface area contributed by atoms with Crippen molar-refractivity contribution < 1.29 is 10.0 Å². The van der Waals surface area contributed by atoms with E-state index < -0.39 is 11.0 Å². The van der Waals surface area contributed by atoms with Crippen LogP contribution in [0.2, 0.25) is 0 Å². The van der Waals surface area contributed by atoms with Crippen molar-refractivity contribution in [2.75, 3.05) is 18.0 Å². The second-order valence-corrected chi connectivity index (χ2v) is 4.64. The molecule has 0 spiro atoms. The van der Waals surface area contributed by atoms with Crippen molar-refractivity contribution in [3.63, 3.8) is 0 Å². The molecule has 1 aliphatic heterocycles. The molecule has 1 N–H and O–H groups in total. The third-order valence-electron chi connectivity index (χ3n) is 3.39. The quantitative estimate of drug-likeness (QED) is 0.645. The normalized spacial score (nSPS) is 20.1. The fraction of sp³-hybridized carbons (Fsp3) is 0.500. The Hall–Kier alpha value is -2.20. The summed E-state index contributed by atoms with van der Waals surface area (Å²) >= 11 is 0. The third-order valence-corrected chi connectivity index (χ3v) is 3.39. The van der Waals surface area contributed by atoms with E-state index in [1.54, 1.807) is 19.1 Å². The van der Waals surface area contributed by atoms with Crippen molar-refractivity contribution >= 4 is 11.5 Å². The molecule has 2 heterocycles. The fourth-order valence-electron chi connectivity index (χ4n) is 2.24. The summed E-state index contributed by atoms with van der Waals surface area (Å²) in [7, 11) is 0. The summed E-state index contributed by atoms with van der Waals surface area (Å²) in [6.07, 6.45) is 0.455. The van der Waals surface area contributed by atoms with Gasteiger partial charge in [0, 0.05) is 25.1 Å². The smallest absolute Gasteiger partial charge is 0.305 e. The number of aliphatic hydroxyl groups is 1. The third kappa shape index (κ3) is 2.63. The van der Waals surface area contributed by atoms with Crippen molar-refractivity contribution in [2.24, 2.45) is 5.92 Å². The summed E-state index contributed by atoms with van der Waals surface area (Å²) in [6, 6.07) is 4.59. The maximum atomic E-state index is 10.7. The number of nitrogens with zero attached hydrogens (tertiary/aromatic N) is 4. The maximum Gasteiger partial charge on any atom is 0.305 e. The van der Waals surface area contributed by atoms with Crippen LogP contribution in [-0.2, 0) is 0 Å². The zero-order valence-electron chi connectivity index (χ0n) is 10.5. The lowest BCUT2D eigenvalue weighted by Gasteiger charge is -2.18. The number of aliphatic hydroxyl groups excluding tert-OH is 1. The molecule has 1 aromatic rings. The Bertz CT molecular complexity index is 538. The molecular weight excluding hydrogens is 248 g/mol. The first-order chi connectivity index (χ1) is 9.02. The van der Waals surface area contributed by atoms with Crippen LogP contribution in [0.15, 0.2) is 12.1 Å². The predicted octanol–water partition coefficient (Wildman–Crippen LogP) is 1.07. The van der Waals surface area contributed by atoms with Crippen LogP contribution in [0, 0.1) is 27.4 Å². The average Bonchev–Trinajstić information content (AvgIpc) is 2.87. The van der Waals surface area contributed by atoms with Crippen LogP contribution in [0.3, 0.4) is 0 Å². The molecule has 0 amide bonds. The molecule has 0 bridgehead atoms. The molecule has 0 aromatic carbocycles. The molecule has 1 fully saturated rings. The Morgan fingerprint density at radius 3 is 2.95 bits per heavy atom. The number of hydrogen-bond donors (Lipinski definition) is 1. The van der Waals surface area contributed by atoms with Gasteiger partial charge in [-0.05, 0) is 19.4 Å². The van der Waals surface area contributed by atoms with E-state index in [0.717, 1.165) is 13.0 Å². The SMILES string of the molecule is CC(O)C1CCN(c2ccc([N+](=O)[O-])c(C#N)n2)C1. The predicted molar refractivity (Wildman–Crippen MR) is 67.6 cm³/mol. The topological polar surface area (TPSA) is 103 Å². The van der Waals surface area contributed by atoms with Crippen LogP contribution >= 0.6 is 0 Å². The average molecular weight is 262 g/mol. The van der Waals surface area contributed by atoms with Gasteiger partial charge in [-0.1, -0.05) is 0 Å². The van der Waals surface area contributed by atoms with Crippen LogP contribution in [0.5, 0.6) is 0 Å². The van der Waals surface area contributed by atoms with Crippen molar-refractivity contribution in [1.82, 2.24) is 4.98 Å². The van der Waals surface area contributed by atoms with Gasteiger partial charge in [-0.25, -0.2) is 4.98 Å². The molecular formula is C12H14N4O3. The Morgan fingerprint density at radius 1 is 1.68 bits per heavy atom.